The zero-order valence-corrected chi connectivity index (χ0v) is 12.4. The number of hydrogen-bond donors (Lipinski definition) is 0. The van der Waals surface area contributed by atoms with E-state index in [0.29, 0.717) is 5.60 Å². The summed E-state index contributed by atoms with van der Waals surface area (Å²) < 4.78 is 6.21. The van der Waals surface area contributed by atoms with Crippen LogP contribution >= 0.6 is 15.9 Å². The third-order valence-electron chi connectivity index (χ3n) is 5.37. The van der Waals surface area contributed by atoms with Crippen molar-refractivity contribution in [1.82, 2.24) is 0 Å². The second kappa shape index (κ2) is 5.21. The van der Waals surface area contributed by atoms with Gasteiger partial charge in [-0.3, -0.25) is 0 Å². The summed E-state index contributed by atoms with van der Waals surface area (Å²) in [6.45, 7) is 1.04. The van der Waals surface area contributed by atoms with Crippen molar-refractivity contribution in [2.75, 3.05) is 6.61 Å². The van der Waals surface area contributed by atoms with E-state index in [1.807, 2.05) is 0 Å². The SMILES string of the molecule is BrC1CCC(C2CCOC3(CCCCC3)C2)C1. The van der Waals surface area contributed by atoms with Gasteiger partial charge >= 0.3 is 0 Å². The third-order valence-corrected chi connectivity index (χ3v) is 6.20. The number of rotatable bonds is 1. The first-order valence-electron chi connectivity index (χ1n) is 7.55. The normalized spacial score (nSPS) is 41.8. The van der Waals surface area contributed by atoms with Crippen LogP contribution < -0.4 is 0 Å². The van der Waals surface area contributed by atoms with E-state index in [9.17, 15) is 0 Å². The molecule has 2 aliphatic carbocycles. The Morgan fingerprint density at radius 2 is 1.76 bits per heavy atom. The quantitative estimate of drug-likeness (QED) is 0.639. The highest BCUT2D eigenvalue weighted by Crippen LogP contribution is 2.46. The molecule has 0 radical (unpaired) electrons. The molecule has 98 valence electrons. The number of alkyl halides is 1. The third kappa shape index (κ3) is 2.73. The molecule has 3 atom stereocenters. The minimum Gasteiger partial charge on any atom is -0.375 e. The first-order chi connectivity index (χ1) is 8.27. The molecule has 0 aromatic carbocycles. The predicted molar refractivity (Wildman–Crippen MR) is 74.5 cm³/mol. The molecule has 1 heterocycles. The van der Waals surface area contributed by atoms with Gasteiger partial charge in [-0.2, -0.15) is 0 Å². The molecule has 2 saturated carbocycles. The summed E-state index contributed by atoms with van der Waals surface area (Å²) in [5.41, 5.74) is 0.311. The van der Waals surface area contributed by atoms with Crippen molar-refractivity contribution in [3.05, 3.63) is 0 Å². The van der Waals surface area contributed by atoms with E-state index >= 15 is 0 Å². The van der Waals surface area contributed by atoms with Gasteiger partial charge in [-0.1, -0.05) is 35.2 Å². The van der Waals surface area contributed by atoms with Crippen molar-refractivity contribution in [2.45, 2.75) is 74.6 Å². The predicted octanol–water partition coefficient (Wildman–Crippen LogP) is 4.68. The number of ether oxygens (including phenoxy) is 1. The zero-order chi connectivity index (χ0) is 11.7. The summed E-state index contributed by atoms with van der Waals surface area (Å²) in [7, 11) is 0. The fourth-order valence-electron chi connectivity index (χ4n) is 4.40. The van der Waals surface area contributed by atoms with Crippen molar-refractivity contribution < 1.29 is 4.74 Å². The van der Waals surface area contributed by atoms with Crippen LogP contribution in [0.4, 0.5) is 0 Å². The van der Waals surface area contributed by atoms with E-state index in [0.717, 1.165) is 23.3 Å². The molecule has 1 spiro atoms. The van der Waals surface area contributed by atoms with Crippen LogP contribution in [-0.4, -0.2) is 17.0 Å². The topological polar surface area (TPSA) is 9.23 Å². The molecule has 2 heteroatoms. The van der Waals surface area contributed by atoms with Crippen molar-refractivity contribution in [3.8, 4) is 0 Å². The van der Waals surface area contributed by atoms with E-state index in [1.54, 1.807) is 0 Å². The maximum Gasteiger partial charge on any atom is 0.0685 e. The van der Waals surface area contributed by atoms with Crippen molar-refractivity contribution >= 4 is 15.9 Å². The van der Waals surface area contributed by atoms with Crippen LogP contribution in [-0.2, 0) is 4.74 Å². The Morgan fingerprint density at radius 1 is 0.941 bits per heavy atom. The fourth-order valence-corrected chi connectivity index (χ4v) is 5.14. The molecule has 17 heavy (non-hydrogen) atoms. The van der Waals surface area contributed by atoms with Crippen LogP contribution in [0.1, 0.15) is 64.2 Å². The molecule has 1 nitrogen and oxygen atoms in total. The Hall–Kier alpha value is 0.440. The molecule has 0 aromatic rings. The zero-order valence-electron chi connectivity index (χ0n) is 10.8. The van der Waals surface area contributed by atoms with Gasteiger partial charge in [0.15, 0.2) is 0 Å². The average molecular weight is 301 g/mol. The van der Waals surface area contributed by atoms with Crippen molar-refractivity contribution in [2.24, 2.45) is 11.8 Å². The lowest BCUT2D eigenvalue weighted by molar-refractivity contribution is -0.124. The summed E-state index contributed by atoms with van der Waals surface area (Å²) in [6, 6.07) is 0. The molecule has 1 aliphatic heterocycles. The first-order valence-corrected chi connectivity index (χ1v) is 8.47. The van der Waals surface area contributed by atoms with Gasteiger partial charge < -0.3 is 4.74 Å². The largest absolute Gasteiger partial charge is 0.375 e. The number of hydrogen-bond acceptors (Lipinski definition) is 1. The van der Waals surface area contributed by atoms with Gasteiger partial charge in [0, 0.05) is 11.4 Å². The fraction of sp³-hybridized carbons (Fsp3) is 1.00. The minimum atomic E-state index is 0.311. The highest BCUT2D eigenvalue weighted by Gasteiger charge is 2.41. The van der Waals surface area contributed by atoms with Gasteiger partial charge in [-0.05, 0) is 56.8 Å². The molecule has 1 saturated heterocycles. The molecule has 0 amide bonds. The van der Waals surface area contributed by atoms with Gasteiger partial charge in [0.2, 0.25) is 0 Å². The Bertz CT molecular complexity index is 254. The van der Waals surface area contributed by atoms with E-state index < -0.39 is 0 Å². The van der Waals surface area contributed by atoms with Crippen LogP contribution in [0.2, 0.25) is 0 Å². The molecule has 3 aliphatic rings. The summed E-state index contributed by atoms with van der Waals surface area (Å²) in [6.07, 6.45) is 13.9. The van der Waals surface area contributed by atoms with Gasteiger partial charge in [0.05, 0.1) is 5.60 Å². The second-order valence-electron chi connectivity index (χ2n) is 6.52. The highest BCUT2D eigenvalue weighted by molar-refractivity contribution is 9.09. The van der Waals surface area contributed by atoms with E-state index in [2.05, 4.69) is 15.9 Å². The summed E-state index contributed by atoms with van der Waals surface area (Å²) >= 11 is 3.80. The molecule has 0 N–H and O–H groups in total. The Morgan fingerprint density at radius 3 is 2.47 bits per heavy atom. The van der Waals surface area contributed by atoms with Crippen molar-refractivity contribution in [3.63, 3.8) is 0 Å². The first kappa shape index (κ1) is 12.5. The molecule has 3 fully saturated rings. The maximum atomic E-state index is 6.21. The second-order valence-corrected chi connectivity index (χ2v) is 7.81. The summed E-state index contributed by atoms with van der Waals surface area (Å²) in [4.78, 5) is 0.803. The Balaban J connectivity index is 1.62. The summed E-state index contributed by atoms with van der Waals surface area (Å²) in [5.74, 6) is 1.95. The monoisotopic (exact) mass is 300 g/mol. The minimum absolute atomic E-state index is 0.311. The van der Waals surface area contributed by atoms with E-state index in [-0.39, 0.29) is 0 Å². The maximum absolute atomic E-state index is 6.21. The van der Waals surface area contributed by atoms with E-state index in [4.69, 9.17) is 4.74 Å². The van der Waals surface area contributed by atoms with Crippen LogP contribution in [0.15, 0.2) is 0 Å². The van der Waals surface area contributed by atoms with Gasteiger partial charge in [0.25, 0.3) is 0 Å². The Labute approximate surface area is 114 Å². The summed E-state index contributed by atoms with van der Waals surface area (Å²) in [5, 5.41) is 0. The van der Waals surface area contributed by atoms with Crippen molar-refractivity contribution in [1.29, 1.82) is 0 Å². The lowest BCUT2D eigenvalue weighted by Gasteiger charge is -2.45. The van der Waals surface area contributed by atoms with Gasteiger partial charge in [-0.25, -0.2) is 0 Å². The molecule has 0 aromatic heterocycles. The molecule has 0 bridgehead atoms. The standard InChI is InChI=1S/C15H25BrO/c16-14-5-4-12(10-14)13-6-9-17-15(11-13)7-2-1-3-8-15/h12-14H,1-11H2. The lowest BCUT2D eigenvalue weighted by Crippen LogP contribution is -2.43. The van der Waals surface area contributed by atoms with Crippen LogP contribution in [0.25, 0.3) is 0 Å². The average Bonchev–Trinajstić information content (AvgIpc) is 2.77. The molecule has 3 unspecified atom stereocenters. The smallest absolute Gasteiger partial charge is 0.0685 e. The molecular weight excluding hydrogens is 276 g/mol. The Kier molecular flexibility index (Phi) is 3.82. The van der Waals surface area contributed by atoms with Crippen LogP contribution in [0, 0.1) is 11.8 Å². The van der Waals surface area contributed by atoms with Crippen LogP contribution in [0.5, 0.6) is 0 Å². The number of halogens is 1. The molecular formula is C15H25BrO. The van der Waals surface area contributed by atoms with Gasteiger partial charge in [0.1, 0.15) is 0 Å². The molecule has 3 rings (SSSR count). The highest BCUT2D eigenvalue weighted by atomic mass is 79.9. The van der Waals surface area contributed by atoms with Crippen LogP contribution in [0.3, 0.4) is 0 Å². The lowest BCUT2D eigenvalue weighted by atomic mass is 9.72. The van der Waals surface area contributed by atoms with E-state index in [1.165, 1.54) is 64.2 Å². The van der Waals surface area contributed by atoms with Gasteiger partial charge in [-0.15, -0.1) is 0 Å².